The highest BCUT2D eigenvalue weighted by atomic mass is 32.2. The average molecular weight is 250 g/mol. The molecular formula is C9H18N2O4S. The van der Waals surface area contributed by atoms with Crippen molar-refractivity contribution in [3.05, 3.63) is 0 Å². The second-order valence-electron chi connectivity index (χ2n) is 3.91. The quantitative estimate of drug-likeness (QED) is 0.696. The van der Waals surface area contributed by atoms with Gasteiger partial charge in [-0.15, -0.1) is 0 Å². The van der Waals surface area contributed by atoms with E-state index in [9.17, 15) is 13.2 Å². The van der Waals surface area contributed by atoms with Gasteiger partial charge in [-0.3, -0.25) is 4.79 Å². The summed E-state index contributed by atoms with van der Waals surface area (Å²) in [7, 11) is -2.06. The highest BCUT2D eigenvalue weighted by molar-refractivity contribution is 7.86. The largest absolute Gasteiger partial charge is 0.481 e. The zero-order chi connectivity index (χ0) is 12.3. The lowest BCUT2D eigenvalue weighted by Crippen LogP contribution is -2.43. The topological polar surface area (TPSA) is 77.9 Å². The summed E-state index contributed by atoms with van der Waals surface area (Å²) in [6.45, 7) is 2.24. The van der Waals surface area contributed by atoms with Crippen LogP contribution in [-0.4, -0.2) is 54.3 Å². The molecule has 0 spiro atoms. The molecule has 0 aliphatic heterocycles. The number of carboxylic acids is 1. The van der Waals surface area contributed by atoms with E-state index in [2.05, 4.69) is 0 Å². The first-order valence-corrected chi connectivity index (χ1v) is 6.74. The molecule has 94 valence electrons. The van der Waals surface area contributed by atoms with E-state index in [1.54, 1.807) is 6.92 Å². The lowest BCUT2D eigenvalue weighted by atomic mass is 10.4. The van der Waals surface area contributed by atoms with Crippen molar-refractivity contribution in [1.29, 1.82) is 0 Å². The summed E-state index contributed by atoms with van der Waals surface area (Å²) in [4.78, 5) is 10.4. The van der Waals surface area contributed by atoms with E-state index in [1.165, 1.54) is 11.4 Å². The fraction of sp³-hybridized carbons (Fsp3) is 0.889. The molecule has 0 aromatic heterocycles. The van der Waals surface area contributed by atoms with Crippen molar-refractivity contribution < 1.29 is 18.3 Å². The minimum atomic E-state index is -3.48. The Morgan fingerprint density at radius 3 is 2.38 bits per heavy atom. The minimum absolute atomic E-state index is 0.0148. The van der Waals surface area contributed by atoms with E-state index in [0.717, 1.165) is 17.1 Å². The van der Waals surface area contributed by atoms with Crippen LogP contribution in [-0.2, 0) is 15.0 Å². The molecule has 1 aliphatic carbocycles. The van der Waals surface area contributed by atoms with Crippen LogP contribution >= 0.6 is 0 Å². The molecule has 1 aliphatic rings. The summed E-state index contributed by atoms with van der Waals surface area (Å²) < 4.78 is 26.6. The molecule has 1 N–H and O–H groups in total. The standard InChI is InChI=1S/C9H18N2O4S/c1-3-11(8-4-5-8)16(14,15)10(2)7-6-9(12)13/h8H,3-7H2,1-2H3,(H,12,13). The number of nitrogens with zero attached hydrogens (tertiary/aromatic N) is 2. The van der Waals surface area contributed by atoms with Gasteiger partial charge >= 0.3 is 5.97 Å². The van der Waals surface area contributed by atoms with E-state index < -0.39 is 16.2 Å². The Balaban J connectivity index is 2.63. The summed E-state index contributed by atoms with van der Waals surface area (Å²) in [5.41, 5.74) is 0. The number of carboxylic acid groups (broad SMARTS) is 1. The van der Waals surface area contributed by atoms with Gasteiger partial charge in [-0.1, -0.05) is 6.92 Å². The van der Waals surface area contributed by atoms with Gasteiger partial charge in [0, 0.05) is 26.2 Å². The maximum absolute atomic E-state index is 12.0. The van der Waals surface area contributed by atoms with Crippen LogP contribution in [0.3, 0.4) is 0 Å². The van der Waals surface area contributed by atoms with E-state index in [4.69, 9.17) is 5.11 Å². The monoisotopic (exact) mass is 250 g/mol. The smallest absolute Gasteiger partial charge is 0.304 e. The van der Waals surface area contributed by atoms with E-state index >= 15 is 0 Å². The summed E-state index contributed by atoms with van der Waals surface area (Å²) in [5, 5.41) is 8.51. The van der Waals surface area contributed by atoms with Gasteiger partial charge in [0.15, 0.2) is 0 Å². The normalized spacial score (nSPS) is 17.0. The Morgan fingerprint density at radius 1 is 1.44 bits per heavy atom. The Kier molecular flexibility index (Phi) is 4.28. The predicted molar refractivity (Wildman–Crippen MR) is 59.2 cm³/mol. The van der Waals surface area contributed by atoms with E-state index in [1.807, 2.05) is 0 Å². The summed E-state index contributed by atoms with van der Waals surface area (Å²) in [6.07, 6.45) is 1.64. The van der Waals surface area contributed by atoms with Crippen LogP contribution in [0.2, 0.25) is 0 Å². The number of carbonyl (C=O) groups is 1. The van der Waals surface area contributed by atoms with Gasteiger partial charge in [0.25, 0.3) is 10.2 Å². The van der Waals surface area contributed by atoms with Crippen molar-refractivity contribution in [3.8, 4) is 0 Å². The molecule has 0 aromatic rings. The molecule has 0 heterocycles. The van der Waals surface area contributed by atoms with Crippen molar-refractivity contribution in [2.45, 2.75) is 32.2 Å². The zero-order valence-corrected chi connectivity index (χ0v) is 10.4. The fourth-order valence-electron chi connectivity index (χ4n) is 1.52. The van der Waals surface area contributed by atoms with Crippen LogP contribution < -0.4 is 0 Å². The van der Waals surface area contributed by atoms with Gasteiger partial charge in [-0.05, 0) is 12.8 Å². The molecule has 6 nitrogen and oxygen atoms in total. The molecule has 0 unspecified atom stereocenters. The molecule has 0 amide bonds. The second kappa shape index (κ2) is 5.11. The maximum Gasteiger partial charge on any atom is 0.304 e. The average Bonchev–Trinajstić information content (AvgIpc) is 2.98. The lowest BCUT2D eigenvalue weighted by molar-refractivity contribution is -0.137. The summed E-state index contributed by atoms with van der Waals surface area (Å²) in [5.74, 6) is -0.989. The van der Waals surface area contributed by atoms with Crippen molar-refractivity contribution in [2.24, 2.45) is 0 Å². The Bertz CT molecular complexity index is 351. The van der Waals surface area contributed by atoms with Crippen molar-refractivity contribution in [1.82, 2.24) is 8.61 Å². The molecule has 1 rings (SSSR count). The Hall–Kier alpha value is -0.660. The number of rotatable bonds is 7. The molecule has 1 saturated carbocycles. The van der Waals surface area contributed by atoms with E-state index in [0.29, 0.717) is 6.54 Å². The molecule has 7 heteroatoms. The van der Waals surface area contributed by atoms with E-state index in [-0.39, 0.29) is 19.0 Å². The van der Waals surface area contributed by atoms with Crippen molar-refractivity contribution in [3.63, 3.8) is 0 Å². The number of hydrogen-bond acceptors (Lipinski definition) is 3. The lowest BCUT2D eigenvalue weighted by Gasteiger charge is -2.26. The third-order valence-electron chi connectivity index (χ3n) is 2.60. The zero-order valence-electron chi connectivity index (χ0n) is 9.59. The predicted octanol–water partition coefficient (Wildman–Crippen LogP) is 0.122. The van der Waals surface area contributed by atoms with Gasteiger partial charge in [0.2, 0.25) is 0 Å². The second-order valence-corrected chi connectivity index (χ2v) is 5.90. The molecule has 0 atom stereocenters. The highest BCUT2D eigenvalue weighted by Gasteiger charge is 2.37. The third-order valence-corrected chi connectivity index (χ3v) is 4.72. The van der Waals surface area contributed by atoms with Gasteiger partial charge in [0.1, 0.15) is 0 Å². The SMILES string of the molecule is CCN(C1CC1)S(=O)(=O)N(C)CCC(=O)O. The third kappa shape index (κ3) is 3.16. The Morgan fingerprint density at radius 2 is 2.00 bits per heavy atom. The molecular weight excluding hydrogens is 232 g/mol. The van der Waals surface area contributed by atoms with Crippen molar-refractivity contribution in [2.75, 3.05) is 20.1 Å². The van der Waals surface area contributed by atoms with Crippen LogP contribution in [0.15, 0.2) is 0 Å². The first kappa shape index (κ1) is 13.4. The molecule has 0 aromatic carbocycles. The molecule has 1 fully saturated rings. The number of aliphatic carboxylic acids is 1. The van der Waals surface area contributed by atoms with Crippen LogP contribution in [0.5, 0.6) is 0 Å². The van der Waals surface area contributed by atoms with Gasteiger partial charge in [-0.2, -0.15) is 17.0 Å². The molecule has 0 saturated heterocycles. The molecule has 0 radical (unpaired) electrons. The fourth-order valence-corrected chi connectivity index (χ4v) is 3.11. The van der Waals surface area contributed by atoms with Gasteiger partial charge < -0.3 is 5.11 Å². The van der Waals surface area contributed by atoms with Crippen LogP contribution in [0.1, 0.15) is 26.2 Å². The van der Waals surface area contributed by atoms with Crippen LogP contribution in [0.4, 0.5) is 0 Å². The maximum atomic E-state index is 12.0. The first-order chi connectivity index (χ1) is 7.39. The van der Waals surface area contributed by atoms with Crippen LogP contribution in [0, 0.1) is 0 Å². The molecule has 16 heavy (non-hydrogen) atoms. The first-order valence-electron chi connectivity index (χ1n) is 5.34. The summed E-state index contributed by atoms with van der Waals surface area (Å²) in [6, 6.07) is 0.113. The summed E-state index contributed by atoms with van der Waals surface area (Å²) >= 11 is 0. The Labute approximate surface area is 96.0 Å². The van der Waals surface area contributed by atoms with Gasteiger partial charge in [-0.25, -0.2) is 0 Å². The molecule has 0 bridgehead atoms. The highest BCUT2D eigenvalue weighted by Crippen LogP contribution is 2.29. The van der Waals surface area contributed by atoms with Crippen molar-refractivity contribution >= 4 is 16.2 Å². The minimum Gasteiger partial charge on any atom is -0.481 e. The van der Waals surface area contributed by atoms with Gasteiger partial charge in [0.05, 0.1) is 6.42 Å². The van der Waals surface area contributed by atoms with Crippen LogP contribution in [0.25, 0.3) is 0 Å². The number of hydrogen-bond donors (Lipinski definition) is 1.